The van der Waals surface area contributed by atoms with Crippen LogP contribution in [0.4, 0.5) is 11.4 Å². The highest BCUT2D eigenvalue weighted by Gasteiger charge is 2.17. The Hall–Kier alpha value is -2.70. The molecule has 0 aliphatic carbocycles. The van der Waals surface area contributed by atoms with Crippen LogP contribution in [0.2, 0.25) is 5.02 Å². The van der Waals surface area contributed by atoms with Gasteiger partial charge < -0.3 is 10.6 Å². The van der Waals surface area contributed by atoms with E-state index in [1.165, 1.54) is 11.3 Å². The van der Waals surface area contributed by atoms with Crippen LogP contribution in [-0.2, 0) is 4.79 Å². The number of hydrogen-bond donors (Lipinski definition) is 2. The summed E-state index contributed by atoms with van der Waals surface area (Å²) in [6, 6.07) is 14.4. The molecule has 2 aromatic carbocycles. The summed E-state index contributed by atoms with van der Waals surface area (Å²) in [5.41, 5.74) is 2.76. The molecule has 0 bridgehead atoms. The summed E-state index contributed by atoms with van der Waals surface area (Å²) in [4.78, 5) is 29.6. The van der Waals surface area contributed by atoms with E-state index in [-0.39, 0.29) is 17.7 Å². The summed E-state index contributed by atoms with van der Waals surface area (Å²) in [6.45, 7) is 5.45. The van der Waals surface area contributed by atoms with Gasteiger partial charge in [-0.1, -0.05) is 43.6 Å². The number of aromatic nitrogens is 1. The lowest BCUT2D eigenvalue weighted by Gasteiger charge is -2.10. The minimum Gasteiger partial charge on any atom is -0.326 e. The Morgan fingerprint density at radius 1 is 1.04 bits per heavy atom. The van der Waals surface area contributed by atoms with E-state index in [0.717, 1.165) is 10.6 Å². The number of benzene rings is 2. The molecule has 1 aromatic heterocycles. The zero-order valence-electron chi connectivity index (χ0n) is 15.7. The Bertz CT molecular complexity index is 1030. The molecule has 0 spiro atoms. The molecule has 0 fully saturated rings. The van der Waals surface area contributed by atoms with Gasteiger partial charge in [0.05, 0.1) is 5.69 Å². The molecule has 0 saturated heterocycles. The Labute approximate surface area is 172 Å². The number of nitrogens with one attached hydrogen (secondary N) is 2. The number of nitrogens with zero attached hydrogens (tertiary/aromatic N) is 1. The highest BCUT2D eigenvalue weighted by atomic mass is 35.5. The van der Waals surface area contributed by atoms with Gasteiger partial charge >= 0.3 is 0 Å². The molecule has 0 unspecified atom stereocenters. The summed E-state index contributed by atoms with van der Waals surface area (Å²) >= 11 is 7.36. The molecule has 144 valence electrons. The van der Waals surface area contributed by atoms with Gasteiger partial charge in [-0.15, -0.1) is 11.3 Å². The van der Waals surface area contributed by atoms with Gasteiger partial charge in [0, 0.05) is 27.9 Å². The normalized spacial score (nSPS) is 10.8. The van der Waals surface area contributed by atoms with Crippen molar-refractivity contribution in [1.29, 1.82) is 0 Å². The van der Waals surface area contributed by atoms with Crippen LogP contribution in [0, 0.1) is 12.8 Å². The molecule has 7 heteroatoms. The predicted molar refractivity (Wildman–Crippen MR) is 115 cm³/mol. The van der Waals surface area contributed by atoms with Crippen molar-refractivity contribution in [3.63, 3.8) is 0 Å². The van der Waals surface area contributed by atoms with Crippen LogP contribution in [0.25, 0.3) is 10.6 Å². The van der Waals surface area contributed by atoms with Crippen molar-refractivity contribution in [2.45, 2.75) is 20.8 Å². The SMILES string of the molecule is Cc1nc(-c2cccc(Cl)c2)sc1C(=O)Nc1cccc(NC(=O)C(C)C)c1. The first-order valence-electron chi connectivity index (χ1n) is 8.79. The minimum atomic E-state index is -0.240. The van der Waals surface area contributed by atoms with Crippen molar-refractivity contribution in [2.75, 3.05) is 10.6 Å². The lowest BCUT2D eigenvalue weighted by Crippen LogP contribution is -2.18. The molecule has 5 nitrogen and oxygen atoms in total. The van der Waals surface area contributed by atoms with E-state index in [4.69, 9.17) is 11.6 Å². The molecule has 0 aliphatic rings. The summed E-state index contributed by atoms with van der Waals surface area (Å²) in [6.07, 6.45) is 0. The van der Waals surface area contributed by atoms with Gasteiger partial charge in [0.15, 0.2) is 0 Å². The molecule has 0 atom stereocenters. The number of rotatable bonds is 5. The predicted octanol–water partition coefficient (Wildman–Crippen LogP) is 5.62. The third-order valence-corrected chi connectivity index (χ3v) is 5.43. The van der Waals surface area contributed by atoms with Gasteiger partial charge in [-0.3, -0.25) is 9.59 Å². The van der Waals surface area contributed by atoms with Crippen LogP contribution in [0.3, 0.4) is 0 Å². The molecule has 2 amide bonds. The van der Waals surface area contributed by atoms with Gasteiger partial charge in [-0.25, -0.2) is 4.98 Å². The molecule has 2 N–H and O–H groups in total. The number of carbonyl (C=O) groups is 2. The van der Waals surface area contributed by atoms with Gasteiger partial charge in [0.1, 0.15) is 9.88 Å². The molecule has 0 saturated carbocycles. The quantitative estimate of drug-likeness (QED) is 0.570. The van der Waals surface area contributed by atoms with E-state index in [1.807, 2.05) is 32.0 Å². The largest absolute Gasteiger partial charge is 0.326 e. The number of amides is 2. The number of hydrogen-bond acceptors (Lipinski definition) is 4. The highest BCUT2D eigenvalue weighted by Crippen LogP contribution is 2.30. The molecule has 3 rings (SSSR count). The standard InChI is InChI=1S/C21H20ClN3O2S/c1-12(2)19(26)24-16-8-5-9-17(11-16)25-20(27)18-13(3)23-21(28-18)14-6-4-7-15(22)10-14/h4-12H,1-3H3,(H,24,26)(H,25,27). The van der Waals surface area contributed by atoms with E-state index in [1.54, 1.807) is 37.3 Å². The maximum atomic E-state index is 12.7. The Morgan fingerprint density at radius 2 is 1.71 bits per heavy atom. The van der Waals surface area contributed by atoms with Crippen molar-refractivity contribution < 1.29 is 9.59 Å². The second kappa shape index (κ2) is 8.54. The fourth-order valence-electron chi connectivity index (χ4n) is 2.50. The maximum absolute atomic E-state index is 12.7. The highest BCUT2D eigenvalue weighted by molar-refractivity contribution is 7.17. The van der Waals surface area contributed by atoms with Crippen LogP contribution < -0.4 is 10.6 Å². The monoisotopic (exact) mass is 413 g/mol. The average Bonchev–Trinajstić information content (AvgIpc) is 3.04. The van der Waals surface area contributed by atoms with Gasteiger partial charge in [-0.05, 0) is 37.3 Å². The molecule has 0 aliphatic heterocycles. The van der Waals surface area contributed by atoms with E-state index in [9.17, 15) is 9.59 Å². The van der Waals surface area contributed by atoms with E-state index < -0.39 is 0 Å². The van der Waals surface area contributed by atoms with E-state index >= 15 is 0 Å². The number of aryl methyl sites for hydroxylation is 1. The number of anilines is 2. The lowest BCUT2D eigenvalue weighted by molar-refractivity contribution is -0.118. The van der Waals surface area contributed by atoms with Gasteiger partial charge in [0.25, 0.3) is 5.91 Å². The molecule has 0 radical (unpaired) electrons. The number of halogens is 1. The van der Waals surface area contributed by atoms with Crippen molar-refractivity contribution in [3.8, 4) is 10.6 Å². The third kappa shape index (κ3) is 4.77. The number of carbonyl (C=O) groups excluding carboxylic acids is 2. The molecule has 1 heterocycles. The Morgan fingerprint density at radius 3 is 2.39 bits per heavy atom. The fraction of sp³-hybridized carbons (Fsp3) is 0.190. The summed E-state index contributed by atoms with van der Waals surface area (Å²) in [7, 11) is 0. The van der Waals surface area contributed by atoms with Gasteiger partial charge in [-0.2, -0.15) is 0 Å². The zero-order chi connectivity index (χ0) is 20.3. The third-order valence-electron chi connectivity index (χ3n) is 3.99. The van der Waals surface area contributed by atoms with Crippen molar-refractivity contribution in [3.05, 3.63) is 64.1 Å². The molecule has 28 heavy (non-hydrogen) atoms. The van der Waals surface area contributed by atoms with Crippen LogP contribution in [0.15, 0.2) is 48.5 Å². The summed E-state index contributed by atoms with van der Waals surface area (Å²) in [5, 5.41) is 7.06. The van der Waals surface area contributed by atoms with Crippen LogP contribution >= 0.6 is 22.9 Å². The van der Waals surface area contributed by atoms with E-state index in [0.29, 0.717) is 27.0 Å². The molecule has 3 aromatic rings. The lowest BCUT2D eigenvalue weighted by atomic mass is 10.2. The van der Waals surface area contributed by atoms with Gasteiger partial charge in [0.2, 0.25) is 5.91 Å². The smallest absolute Gasteiger partial charge is 0.267 e. The first-order valence-corrected chi connectivity index (χ1v) is 9.98. The fourth-order valence-corrected chi connectivity index (χ4v) is 3.65. The van der Waals surface area contributed by atoms with Crippen molar-refractivity contribution in [2.24, 2.45) is 5.92 Å². The summed E-state index contributed by atoms with van der Waals surface area (Å²) in [5.74, 6) is -0.438. The van der Waals surface area contributed by atoms with Crippen molar-refractivity contribution in [1.82, 2.24) is 4.98 Å². The molecular weight excluding hydrogens is 394 g/mol. The maximum Gasteiger partial charge on any atom is 0.267 e. The number of thiazole rings is 1. The first kappa shape index (κ1) is 20.0. The van der Waals surface area contributed by atoms with Crippen molar-refractivity contribution >= 4 is 46.1 Å². The second-order valence-corrected chi connectivity index (χ2v) is 8.06. The molecular formula is C21H20ClN3O2S. The zero-order valence-corrected chi connectivity index (χ0v) is 17.3. The van der Waals surface area contributed by atoms with Crippen LogP contribution in [-0.4, -0.2) is 16.8 Å². The topological polar surface area (TPSA) is 71.1 Å². The Kier molecular flexibility index (Phi) is 6.11. The first-order chi connectivity index (χ1) is 13.3. The van der Waals surface area contributed by atoms with E-state index in [2.05, 4.69) is 15.6 Å². The average molecular weight is 414 g/mol. The summed E-state index contributed by atoms with van der Waals surface area (Å²) < 4.78 is 0. The second-order valence-electron chi connectivity index (χ2n) is 6.62. The minimum absolute atomic E-state index is 0.0760. The van der Waals surface area contributed by atoms with Crippen LogP contribution in [0.5, 0.6) is 0 Å². The Balaban J connectivity index is 1.78. The van der Waals surface area contributed by atoms with Crippen LogP contribution in [0.1, 0.15) is 29.2 Å².